The minimum atomic E-state index is -0.413. The molecule has 0 unspecified atom stereocenters. The zero-order chi connectivity index (χ0) is 22.0. The Morgan fingerprint density at radius 1 is 1.20 bits per heavy atom. The van der Waals surface area contributed by atoms with Gasteiger partial charge in [0.1, 0.15) is 0 Å². The van der Waals surface area contributed by atoms with Crippen LogP contribution in [-0.4, -0.2) is 50.3 Å². The minimum absolute atomic E-state index is 0.100. The third kappa shape index (κ3) is 4.05. The highest BCUT2D eigenvalue weighted by Crippen LogP contribution is 2.29. The van der Waals surface area contributed by atoms with Crippen molar-refractivity contribution in [3.63, 3.8) is 0 Å². The van der Waals surface area contributed by atoms with Crippen molar-refractivity contribution in [1.82, 2.24) is 24.4 Å². The molecule has 2 amide bonds. The molecule has 2 N–H and O–H groups in total. The quantitative estimate of drug-likeness (QED) is 0.584. The van der Waals surface area contributed by atoms with Gasteiger partial charge in [0.15, 0.2) is 11.0 Å². The van der Waals surface area contributed by atoms with Crippen LogP contribution in [0.25, 0.3) is 11.0 Å². The molecular weight excluding hydrogens is 404 g/mol. The molecule has 2 aromatic heterocycles. The Labute approximate surface area is 180 Å². The minimum Gasteiger partial charge on any atom is -0.345 e. The smallest absolute Gasteiger partial charge is 0.293 e. The van der Waals surface area contributed by atoms with Gasteiger partial charge in [-0.15, -0.1) is 0 Å². The molecule has 2 heterocycles. The lowest BCUT2D eigenvalue weighted by Crippen LogP contribution is -2.21. The Balaban J connectivity index is 2.05. The molecule has 3 aromatic rings. The summed E-state index contributed by atoms with van der Waals surface area (Å²) in [4.78, 5) is 38.4. The molecule has 0 saturated carbocycles. The van der Waals surface area contributed by atoms with E-state index >= 15 is 0 Å². The molecule has 9 heteroatoms. The van der Waals surface area contributed by atoms with Crippen molar-refractivity contribution in [3.8, 4) is 0 Å². The van der Waals surface area contributed by atoms with Crippen molar-refractivity contribution in [1.29, 1.82) is 0 Å². The summed E-state index contributed by atoms with van der Waals surface area (Å²) in [5, 5.41) is 3.16. The number of nitrogens with one attached hydrogen (secondary N) is 2. The van der Waals surface area contributed by atoms with E-state index < -0.39 is 5.91 Å². The molecule has 1 aromatic carbocycles. The van der Waals surface area contributed by atoms with Crippen LogP contribution < -0.4 is 5.32 Å². The Bertz CT molecular complexity index is 1080. The number of halogens is 1. The number of hydrogen-bond acceptors (Lipinski definition) is 4. The molecule has 160 valence electrons. The number of carbonyl (C=O) groups is 2. The van der Waals surface area contributed by atoms with Gasteiger partial charge in [-0.1, -0.05) is 32.4 Å². The second-order valence-corrected chi connectivity index (χ2v) is 7.70. The average molecular weight is 431 g/mol. The zero-order valence-electron chi connectivity index (χ0n) is 17.9. The number of aryl methyl sites for hydroxylation is 1. The highest BCUT2D eigenvalue weighted by Gasteiger charge is 2.22. The van der Waals surface area contributed by atoms with Crippen molar-refractivity contribution in [3.05, 3.63) is 40.4 Å². The number of imidazole rings is 2. The van der Waals surface area contributed by atoms with Crippen molar-refractivity contribution in [2.45, 2.75) is 46.1 Å². The van der Waals surface area contributed by atoms with Crippen LogP contribution in [0.15, 0.2) is 18.2 Å². The van der Waals surface area contributed by atoms with E-state index in [0.29, 0.717) is 34.3 Å². The molecule has 0 spiro atoms. The molecule has 0 aliphatic rings. The summed E-state index contributed by atoms with van der Waals surface area (Å²) in [5.74, 6) is 0.0489. The molecule has 0 radical (unpaired) electrons. The fourth-order valence-corrected chi connectivity index (χ4v) is 3.76. The van der Waals surface area contributed by atoms with Gasteiger partial charge in [0, 0.05) is 25.7 Å². The molecular formula is C21H27ClN6O2. The number of amides is 2. The molecule has 30 heavy (non-hydrogen) atoms. The average Bonchev–Trinajstić information content (AvgIpc) is 3.28. The lowest BCUT2D eigenvalue weighted by atomic mass is 10.1. The van der Waals surface area contributed by atoms with Gasteiger partial charge < -0.3 is 14.5 Å². The van der Waals surface area contributed by atoms with Crippen molar-refractivity contribution in [2.75, 3.05) is 19.4 Å². The number of carbonyl (C=O) groups excluding carboxylic acids is 2. The van der Waals surface area contributed by atoms with Crippen LogP contribution in [0.2, 0.25) is 5.15 Å². The van der Waals surface area contributed by atoms with Crippen LogP contribution in [0, 0.1) is 0 Å². The maximum atomic E-state index is 12.8. The predicted molar refractivity (Wildman–Crippen MR) is 118 cm³/mol. The summed E-state index contributed by atoms with van der Waals surface area (Å²) >= 11 is 6.08. The van der Waals surface area contributed by atoms with Gasteiger partial charge in [-0.3, -0.25) is 14.9 Å². The third-order valence-electron chi connectivity index (χ3n) is 5.17. The standard InChI is InChI=1S/C21H27ClN6O2/c1-6-13(7-2)28-16-10-9-12(20(30)27(4)5)11-15(16)24-21(28)26-19(29)18-23-14(8-3)17(22)25-18/h9-11,13H,6-8H2,1-5H3,(H,23,25)(H,24,26,29). The molecule has 0 aliphatic carbocycles. The normalized spacial score (nSPS) is 11.3. The lowest BCUT2D eigenvalue weighted by Gasteiger charge is -2.19. The maximum absolute atomic E-state index is 12.8. The second-order valence-electron chi connectivity index (χ2n) is 7.34. The van der Waals surface area contributed by atoms with Crippen molar-refractivity contribution >= 4 is 40.4 Å². The Kier molecular flexibility index (Phi) is 6.45. The van der Waals surface area contributed by atoms with Crippen molar-refractivity contribution in [2.24, 2.45) is 0 Å². The van der Waals surface area contributed by atoms with E-state index in [2.05, 4.69) is 34.1 Å². The third-order valence-corrected chi connectivity index (χ3v) is 5.49. The van der Waals surface area contributed by atoms with Gasteiger partial charge in [-0.05, 0) is 37.5 Å². The summed E-state index contributed by atoms with van der Waals surface area (Å²) in [6.45, 7) is 6.12. The second kappa shape index (κ2) is 8.87. The summed E-state index contributed by atoms with van der Waals surface area (Å²) in [6.07, 6.45) is 2.39. The predicted octanol–water partition coefficient (Wildman–Crippen LogP) is 4.29. The van der Waals surface area contributed by atoms with Crippen LogP contribution in [-0.2, 0) is 6.42 Å². The van der Waals surface area contributed by atoms with Crippen LogP contribution in [0.3, 0.4) is 0 Å². The number of anilines is 1. The zero-order valence-corrected chi connectivity index (χ0v) is 18.7. The lowest BCUT2D eigenvalue weighted by molar-refractivity contribution is 0.0827. The van der Waals surface area contributed by atoms with E-state index in [0.717, 1.165) is 18.4 Å². The SMILES string of the molecule is CCc1[nH]c(C(=O)Nc2nc3cc(C(=O)N(C)C)ccc3n2C(CC)CC)nc1Cl. The number of hydrogen-bond donors (Lipinski definition) is 2. The molecule has 3 rings (SSSR count). The Hall–Kier alpha value is -2.87. The number of H-pyrrole nitrogens is 1. The van der Waals surface area contributed by atoms with Gasteiger partial charge in [-0.25, -0.2) is 9.97 Å². The molecule has 0 bridgehead atoms. The van der Waals surface area contributed by atoms with Crippen LogP contribution in [0.5, 0.6) is 0 Å². The fraction of sp³-hybridized carbons (Fsp3) is 0.429. The van der Waals surface area contributed by atoms with E-state index in [-0.39, 0.29) is 17.8 Å². The summed E-state index contributed by atoms with van der Waals surface area (Å²) < 4.78 is 2.02. The molecule has 8 nitrogen and oxygen atoms in total. The first-order valence-corrected chi connectivity index (χ1v) is 10.5. The van der Waals surface area contributed by atoms with Gasteiger partial charge in [0.2, 0.25) is 5.95 Å². The van der Waals surface area contributed by atoms with E-state index in [9.17, 15) is 9.59 Å². The van der Waals surface area contributed by atoms with Crippen LogP contribution >= 0.6 is 11.6 Å². The summed E-state index contributed by atoms with van der Waals surface area (Å²) in [7, 11) is 3.42. The number of aromatic amines is 1. The van der Waals surface area contributed by atoms with E-state index in [1.165, 1.54) is 4.90 Å². The number of benzene rings is 1. The van der Waals surface area contributed by atoms with E-state index in [4.69, 9.17) is 11.6 Å². The van der Waals surface area contributed by atoms with E-state index in [1.54, 1.807) is 26.2 Å². The van der Waals surface area contributed by atoms with Crippen LogP contribution in [0.1, 0.15) is 66.3 Å². The molecule has 0 fully saturated rings. The number of nitrogens with zero attached hydrogens (tertiary/aromatic N) is 4. The van der Waals surface area contributed by atoms with Gasteiger partial charge in [-0.2, -0.15) is 0 Å². The number of rotatable bonds is 7. The first kappa shape index (κ1) is 21.8. The van der Waals surface area contributed by atoms with E-state index in [1.807, 2.05) is 17.6 Å². The first-order chi connectivity index (χ1) is 14.3. The van der Waals surface area contributed by atoms with Gasteiger partial charge in [0.25, 0.3) is 11.8 Å². The van der Waals surface area contributed by atoms with Gasteiger partial charge >= 0.3 is 0 Å². The Morgan fingerprint density at radius 3 is 2.47 bits per heavy atom. The van der Waals surface area contributed by atoms with Crippen molar-refractivity contribution < 1.29 is 9.59 Å². The fourth-order valence-electron chi connectivity index (χ4n) is 3.49. The maximum Gasteiger partial charge on any atom is 0.293 e. The molecule has 0 saturated heterocycles. The monoisotopic (exact) mass is 430 g/mol. The highest BCUT2D eigenvalue weighted by molar-refractivity contribution is 6.30. The number of fused-ring (bicyclic) bond motifs is 1. The first-order valence-electron chi connectivity index (χ1n) is 10.1. The largest absolute Gasteiger partial charge is 0.345 e. The Morgan fingerprint density at radius 2 is 1.90 bits per heavy atom. The highest BCUT2D eigenvalue weighted by atomic mass is 35.5. The summed E-state index contributed by atoms with van der Waals surface area (Å²) in [6, 6.07) is 5.57. The number of aromatic nitrogens is 4. The summed E-state index contributed by atoms with van der Waals surface area (Å²) in [5.41, 5.74) is 2.77. The van der Waals surface area contributed by atoms with Gasteiger partial charge in [0.05, 0.1) is 16.7 Å². The molecule has 0 atom stereocenters. The molecule has 0 aliphatic heterocycles. The topological polar surface area (TPSA) is 95.9 Å². The van der Waals surface area contributed by atoms with Crippen LogP contribution in [0.4, 0.5) is 5.95 Å².